The van der Waals surface area contributed by atoms with Gasteiger partial charge in [0.1, 0.15) is 0 Å². The Morgan fingerprint density at radius 3 is 2.70 bits per heavy atom. The van der Waals surface area contributed by atoms with Crippen LogP contribution in [0.1, 0.15) is 30.6 Å². The lowest BCUT2D eigenvalue weighted by Gasteiger charge is -2.31. The summed E-state index contributed by atoms with van der Waals surface area (Å²) in [5, 5.41) is 5.07. The number of hydrogen-bond acceptors (Lipinski definition) is 4. The first-order valence-electron chi connectivity index (χ1n) is 7.98. The molecule has 2 amide bonds. The summed E-state index contributed by atoms with van der Waals surface area (Å²) in [6.07, 6.45) is 3.67. The molecule has 5 nitrogen and oxygen atoms in total. The number of amides is 2. The first kappa shape index (κ1) is 19.9. The van der Waals surface area contributed by atoms with Crippen LogP contribution in [0.3, 0.4) is 0 Å². The molecule has 3 N–H and O–H groups in total. The third-order valence-electron chi connectivity index (χ3n) is 4.06. The van der Waals surface area contributed by atoms with Gasteiger partial charge in [0.05, 0.1) is 0 Å². The van der Waals surface area contributed by atoms with E-state index in [1.54, 1.807) is 11.3 Å². The zero-order valence-electron chi connectivity index (χ0n) is 13.3. The first-order valence-corrected chi connectivity index (χ1v) is 8.86. The molecule has 1 fully saturated rings. The molecule has 0 unspecified atom stereocenters. The van der Waals surface area contributed by atoms with Gasteiger partial charge < -0.3 is 16.0 Å². The summed E-state index contributed by atoms with van der Waals surface area (Å²) >= 11 is 1.72. The molecule has 23 heavy (non-hydrogen) atoms. The van der Waals surface area contributed by atoms with Crippen LogP contribution in [0, 0.1) is 5.92 Å². The monoisotopic (exact) mass is 359 g/mol. The predicted octanol–water partition coefficient (Wildman–Crippen LogP) is 1.81. The molecule has 0 bridgehead atoms. The molecule has 1 aromatic heterocycles. The lowest BCUT2D eigenvalue weighted by atomic mass is 9.95. The third kappa shape index (κ3) is 6.49. The SMILES string of the molecule is Cl.NCCCC(=O)N1CCC(C(=O)NCCc2cccs2)CC1. The average Bonchev–Trinajstić information content (AvgIpc) is 3.06. The fraction of sp³-hybridized carbons (Fsp3) is 0.625. The molecule has 7 heteroatoms. The molecule has 2 heterocycles. The Balaban J connectivity index is 0.00000264. The summed E-state index contributed by atoms with van der Waals surface area (Å²) < 4.78 is 0. The van der Waals surface area contributed by atoms with E-state index in [1.807, 2.05) is 11.0 Å². The minimum Gasteiger partial charge on any atom is -0.355 e. The lowest BCUT2D eigenvalue weighted by Crippen LogP contribution is -2.43. The summed E-state index contributed by atoms with van der Waals surface area (Å²) in [7, 11) is 0. The molecule has 0 atom stereocenters. The van der Waals surface area contributed by atoms with E-state index < -0.39 is 0 Å². The summed E-state index contributed by atoms with van der Waals surface area (Å²) in [4.78, 5) is 27.2. The van der Waals surface area contributed by atoms with E-state index in [-0.39, 0.29) is 30.1 Å². The van der Waals surface area contributed by atoms with Crippen molar-refractivity contribution in [3.05, 3.63) is 22.4 Å². The minimum absolute atomic E-state index is 0. The fourth-order valence-electron chi connectivity index (χ4n) is 2.71. The number of likely N-dealkylation sites (tertiary alicyclic amines) is 1. The van der Waals surface area contributed by atoms with E-state index in [1.165, 1.54) is 4.88 Å². The number of nitrogens with two attached hydrogens (primary N) is 1. The molecule has 1 aromatic rings. The number of halogens is 1. The van der Waals surface area contributed by atoms with Crippen LogP contribution < -0.4 is 11.1 Å². The first-order chi connectivity index (χ1) is 10.7. The number of piperidine rings is 1. The second kappa shape index (κ2) is 10.6. The van der Waals surface area contributed by atoms with Crippen molar-refractivity contribution >= 4 is 35.6 Å². The largest absolute Gasteiger partial charge is 0.355 e. The highest BCUT2D eigenvalue weighted by atomic mass is 35.5. The normalized spacial score (nSPS) is 15.1. The summed E-state index contributed by atoms with van der Waals surface area (Å²) in [5.74, 6) is 0.342. The summed E-state index contributed by atoms with van der Waals surface area (Å²) in [6, 6.07) is 4.11. The maximum atomic E-state index is 12.1. The quantitative estimate of drug-likeness (QED) is 0.779. The highest BCUT2D eigenvalue weighted by Gasteiger charge is 2.26. The van der Waals surface area contributed by atoms with Gasteiger partial charge in [-0.3, -0.25) is 9.59 Å². The maximum Gasteiger partial charge on any atom is 0.223 e. The molecule has 0 spiro atoms. The number of carbonyl (C=O) groups is 2. The van der Waals surface area contributed by atoms with Gasteiger partial charge in [0.15, 0.2) is 0 Å². The van der Waals surface area contributed by atoms with Gasteiger partial charge in [0.2, 0.25) is 11.8 Å². The van der Waals surface area contributed by atoms with E-state index >= 15 is 0 Å². The molecule has 2 rings (SSSR count). The van der Waals surface area contributed by atoms with E-state index in [0.717, 1.165) is 25.7 Å². The molecule has 130 valence electrons. The van der Waals surface area contributed by atoms with Gasteiger partial charge in [-0.15, -0.1) is 23.7 Å². The number of nitrogens with one attached hydrogen (secondary N) is 1. The van der Waals surface area contributed by atoms with Crippen LogP contribution in [0.25, 0.3) is 0 Å². The van der Waals surface area contributed by atoms with Gasteiger partial charge in [-0.2, -0.15) is 0 Å². The Labute approximate surface area is 148 Å². The van der Waals surface area contributed by atoms with Gasteiger partial charge in [-0.1, -0.05) is 6.07 Å². The average molecular weight is 360 g/mol. The van der Waals surface area contributed by atoms with Crippen LogP contribution in [0.4, 0.5) is 0 Å². The van der Waals surface area contributed by atoms with Crippen LogP contribution in [0.5, 0.6) is 0 Å². The van der Waals surface area contributed by atoms with Gasteiger partial charge >= 0.3 is 0 Å². The molecule has 0 radical (unpaired) electrons. The van der Waals surface area contributed by atoms with Crippen LogP contribution >= 0.6 is 23.7 Å². The van der Waals surface area contributed by atoms with Crippen molar-refractivity contribution in [3.8, 4) is 0 Å². The van der Waals surface area contributed by atoms with E-state index in [9.17, 15) is 9.59 Å². The van der Waals surface area contributed by atoms with Crippen molar-refractivity contribution in [1.82, 2.24) is 10.2 Å². The Bertz CT molecular complexity index is 474. The second-order valence-corrected chi connectivity index (χ2v) is 6.70. The molecular formula is C16H26ClN3O2S. The molecule has 0 saturated carbocycles. The number of nitrogens with zero attached hydrogens (tertiary/aromatic N) is 1. The molecule has 1 aliphatic rings. The van der Waals surface area contributed by atoms with Crippen LogP contribution in [0.15, 0.2) is 17.5 Å². The Morgan fingerprint density at radius 1 is 1.35 bits per heavy atom. The molecule has 1 saturated heterocycles. The van der Waals surface area contributed by atoms with Gasteiger partial charge in [0, 0.05) is 36.9 Å². The Kier molecular flexibility index (Phi) is 9.21. The van der Waals surface area contributed by atoms with Crippen molar-refractivity contribution in [2.45, 2.75) is 32.1 Å². The van der Waals surface area contributed by atoms with E-state index in [0.29, 0.717) is 32.6 Å². The van der Waals surface area contributed by atoms with Gasteiger partial charge in [-0.25, -0.2) is 0 Å². The Morgan fingerprint density at radius 2 is 2.09 bits per heavy atom. The maximum absolute atomic E-state index is 12.1. The smallest absolute Gasteiger partial charge is 0.223 e. The fourth-order valence-corrected chi connectivity index (χ4v) is 3.42. The highest BCUT2D eigenvalue weighted by Crippen LogP contribution is 2.18. The van der Waals surface area contributed by atoms with E-state index in [4.69, 9.17) is 5.73 Å². The minimum atomic E-state index is 0. The third-order valence-corrected chi connectivity index (χ3v) is 5.00. The summed E-state index contributed by atoms with van der Waals surface area (Å²) in [6.45, 7) is 2.61. The second-order valence-electron chi connectivity index (χ2n) is 5.67. The van der Waals surface area contributed by atoms with Crippen LogP contribution in [-0.4, -0.2) is 42.9 Å². The van der Waals surface area contributed by atoms with Gasteiger partial charge in [0.25, 0.3) is 0 Å². The van der Waals surface area contributed by atoms with Crippen molar-refractivity contribution in [1.29, 1.82) is 0 Å². The topological polar surface area (TPSA) is 75.4 Å². The predicted molar refractivity (Wildman–Crippen MR) is 95.9 cm³/mol. The lowest BCUT2D eigenvalue weighted by molar-refractivity contribution is -0.135. The number of carbonyl (C=O) groups excluding carboxylic acids is 2. The zero-order chi connectivity index (χ0) is 15.8. The van der Waals surface area contributed by atoms with Crippen molar-refractivity contribution in [2.75, 3.05) is 26.2 Å². The number of rotatable bonds is 7. The Hall–Kier alpha value is -1.11. The van der Waals surface area contributed by atoms with E-state index in [2.05, 4.69) is 16.8 Å². The zero-order valence-corrected chi connectivity index (χ0v) is 15.0. The standard InChI is InChI=1S/C16H25N3O2S.ClH/c17-8-1-4-15(20)19-10-6-13(7-11-19)16(21)18-9-5-14-3-2-12-22-14;/h2-3,12-13H,1,4-11,17H2,(H,18,21);1H. The molecule has 1 aliphatic heterocycles. The van der Waals surface area contributed by atoms with Crippen LogP contribution in [-0.2, 0) is 16.0 Å². The van der Waals surface area contributed by atoms with Crippen LogP contribution in [0.2, 0.25) is 0 Å². The summed E-state index contributed by atoms with van der Waals surface area (Å²) in [5.41, 5.74) is 5.43. The highest BCUT2D eigenvalue weighted by molar-refractivity contribution is 7.09. The molecule has 0 aromatic carbocycles. The van der Waals surface area contributed by atoms with Crippen molar-refractivity contribution in [3.63, 3.8) is 0 Å². The van der Waals surface area contributed by atoms with Crippen molar-refractivity contribution < 1.29 is 9.59 Å². The molecular weight excluding hydrogens is 334 g/mol. The number of hydrogen-bond donors (Lipinski definition) is 2. The molecule has 0 aliphatic carbocycles. The van der Waals surface area contributed by atoms with Crippen molar-refractivity contribution in [2.24, 2.45) is 11.7 Å². The number of thiophene rings is 1. The van der Waals surface area contributed by atoms with Gasteiger partial charge in [-0.05, 0) is 43.7 Å².